The van der Waals surface area contributed by atoms with E-state index in [2.05, 4.69) is 34.6 Å². The number of pyridine rings is 1. The molecule has 0 aliphatic carbocycles. The van der Waals surface area contributed by atoms with Crippen LogP contribution >= 0.6 is 0 Å². The average Bonchev–Trinajstić information content (AvgIpc) is 2.54. The fraction of sp³-hybridized carbons (Fsp3) is 0.250. The minimum absolute atomic E-state index is 0.419. The van der Waals surface area contributed by atoms with Gasteiger partial charge in [-0.05, 0) is 37.5 Å². The highest BCUT2D eigenvalue weighted by Crippen LogP contribution is 2.29. The van der Waals surface area contributed by atoms with Crippen LogP contribution in [0.2, 0.25) is 0 Å². The number of hydrogen-bond donors (Lipinski definition) is 3. The SMILES string of the molecule is CC(C)(O)CNc1c(N)cnc2cc(Cc3ccccc3)ccc12. The molecule has 4 N–H and O–H groups in total. The van der Waals surface area contributed by atoms with Gasteiger partial charge in [-0.3, -0.25) is 4.98 Å². The summed E-state index contributed by atoms with van der Waals surface area (Å²) in [5.41, 5.74) is 10.1. The predicted octanol–water partition coefficient (Wildman–Crippen LogP) is 3.59. The Bertz CT molecular complexity index is 839. The van der Waals surface area contributed by atoms with Crippen LogP contribution in [0, 0.1) is 0 Å². The molecular weight excluding hydrogens is 298 g/mol. The highest BCUT2D eigenvalue weighted by molar-refractivity contribution is 5.97. The number of aromatic nitrogens is 1. The number of nitrogen functional groups attached to an aromatic ring is 1. The van der Waals surface area contributed by atoms with Crippen molar-refractivity contribution in [2.45, 2.75) is 25.9 Å². The van der Waals surface area contributed by atoms with Gasteiger partial charge < -0.3 is 16.2 Å². The van der Waals surface area contributed by atoms with Gasteiger partial charge in [-0.15, -0.1) is 0 Å². The second kappa shape index (κ2) is 6.49. The summed E-state index contributed by atoms with van der Waals surface area (Å²) in [5.74, 6) is 0. The summed E-state index contributed by atoms with van der Waals surface area (Å²) in [6, 6.07) is 16.6. The molecule has 0 bridgehead atoms. The van der Waals surface area contributed by atoms with Gasteiger partial charge in [0.15, 0.2) is 0 Å². The van der Waals surface area contributed by atoms with E-state index in [1.165, 1.54) is 11.1 Å². The molecule has 0 radical (unpaired) electrons. The summed E-state index contributed by atoms with van der Waals surface area (Å²) in [4.78, 5) is 4.46. The van der Waals surface area contributed by atoms with E-state index in [4.69, 9.17) is 5.73 Å². The molecule has 0 amide bonds. The van der Waals surface area contributed by atoms with Crippen LogP contribution < -0.4 is 11.1 Å². The summed E-state index contributed by atoms with van der Waals surface area (Å²) in [6.07, 6.45) is 2.54. The van der Waals surface area contributed by atoms with Crippen molar-refractivity contribution >= 4 is 22.3 Å². The molecule has 1 aromatic heterocycles. The standard InChI is InChI=1S/C20H23N3O/c1-20(2,24)13-23-19-16-9-8-15(10-14-6-4-3-5-7-14)11-18(16)22-12-17(19)21/h3-9,11-12,24H,10,13,21H2,1-2H3,(H,22,23). The van der Waals surface area contributed by atoms with E-state index >= 15 is 0 Å². The first kappa shape index (κ1) is 16.3. The molecular formula is C20H23N3O. The number of nitrogens with one attached hydrogen (secondary N) is 1. The van der Waals surface area contributed by atoms with Crippen molar-refractivity contribution in [2.24, 2.45) is 0 Å². The van der Waals surface area contributed by atoms with Crippen LogP contribution in [-0.4, -0.2) is 22.2 Å². The van der Waals surface area contributed by atoms with Gasteiger partial charge in [0.2, 0.25) is 0 Å². The Kier molecular flexibility index (Phi) is 4.40. The Morgan fingerprint density at radius 3 is 2.54 bits per heavy atom. The van der Waals surface area contributed by atoms with Gasteiger partial charge in [0, 0.05) is 11.9 Å². The Balaban J connectivity index is 1.92. The van der Waals surface area contributed by atoms with Crippen LogP contribution in [0.5, 0.6) is 0 Å². The predicted molar refractivity (Wildman–Crippen MR) is 100 cm³/mol. The van der Waals surface area contributed by atoms with Crippen LogP contribution in [0.15, 0.2) is 54.7 Å². The minimum Gasteiger partial charge on any atom is -0.396 e. The van der Waals surface area contributed by atoms with E-state index in [0.29, 0.717) is 12.2 Å². The van der Waals surface area contributed by atoms with Gasteiger partial charge in [-0.1, -0.05) is 42.5 Å². The van der Waals surface area contributed by atoms with Crippen LogP contribution in [0.25, 0.3) is 10.9 Å². The van der Waals surface area contributed by atoms with Gasteiger partial charge >= 0.3 is 0 Å². The zero-order valence-electron chi connectivity index (χ0n) is 14.1. The molecule has 4 heteroatoms. The fourth-order valence-corrected chi connectivity index (χ4v) is 2.70. The number of anilines is 2. The number of nitrogens with zero attached hydrogens (tertiary/aromatic N) is 1. The number of nitrogens with two attached hydrogens (primary N) is 1. The fourth-order valence-electron chi connectivity index (χ4n) is 2.70. The Morgan fingerprint density at radius 1 is 1.08 bits per heavy atom. The summed E-state index contributed by atoms with van der Waals surface area (Å²) < 4.78 is 0. The first-order chi connectivity index (χ1) is 11.4. The van der Waals surface area contributed by atoms with Crippen molar-refractivity contribution < 1.29 is 5.11 Å². The van der Waals surface area contributed by atoms with Crippen molar-refractivity contribution in [1.82, 2.24) is 4.98 Å². The van der Waals surface area contributed by atoms with Crippen molar-refractivity contribution in [1.29, 1.82) is 0 Å². The van der Waals surface area contributed by atoms with E-state index in [0.717, 1.165) is 23.0 Å². The highest BCUT2D eigenvalue weighted by Gasteiger charge is 2.14. The van der Waals surface area contributed by atoms with Crippen molar-refractivity contribution in [3.63, 3.8) is 0 Å². The Morgan fingerprint density at radius 2 is 1.83 bits per heavy atom. The smallest absolute Gasteiger partial charge is 0.0763 e. The van der Waals surface area contributed by atoms with Crippen molar-refractivity contribution in [2.75, 3.05) is 17.6 Å². The van der Waals surface area contributed by atoms with E-state index < -0.39 is 5.60 Å². The zero-order chi connectivity index (χ0) is 17.2. The van der Waals surface area contributed by atoms with Gasteiger partial charge in [-0.2, -0.15) is 0 Å². The topological polar surface area (TPSA) is 71.2 Å². The van der Waals surface area contributed by atoms with Crippen LogP contribution in [0.4, 0.5) is 11.4 Å². The molecule has 4 nitrogen and oxygen atoms in total. The third-order valence-corrected chi connectivity index (χ3v) is 3.91. The van der Waals surface area contributed by atoms with Crippen LogP contribution in [0.3, 0.4) is 0 Å². The molecule has 2 aromatic carbocycles. The summed E-state index contributed by atoms with van der Waals surface area (Å²) in [6.45, 7) is 3.94. The number of aliphatic hydroxyl groups is 1. The molecule has 3 aromatic rings. The molecule has 0 aliphatic heterocycles. The number of benzene rings is 2. The molecule has 124 valence electrons. The first-order valence-electron chi connectivity index (χ1n) is 8.10. The molecule has 0 atom stereocenters. The second-order valence-electron chi connectivity index (χ2n) is 6.77. The first-order valence-corrected chi connectivity index (χ1v) is 8.10. The van der Waals surface area contributed by atoms with Crippen molar-refractivity contribution in [3.8, 4) is 0 Å². The van der Waals surface area contributed by atoms with Gasteiger partial charge in [-0.25, -0.2) is 0 Å². The lowest BCUT2D eigenvalue weighted by Crippen LogP contribution is -2.29. The summed E-state index contributed by atoms with van der Waals surface area (Å²) in [7, 11) is 0. The third-order valence-electron chi connectivity index (χ3n) is 3.91. The molecule has 0 saturated heterocycles. The summed E-state index contributed by atoms with van der Waals surface area (Å²) >= 11 is 0. The molecule has 0 unspecified atom stereocenters. The number of hydrogen-bond acceptors (Lipinski definition) is 4. The van der Waals surface area contributed by atoms with Gasteiger partial charge in [0.1, 0.15) is 0 Å². The molecule has 0 fully saturated rings. The second-order valence-corrected chi connectivity index (χ2v) is 6.77. The van der Waals surface area contributed by atoms with Crippen LogP contribution in [-0.2, 0) is 6.42 Å². The zero-order valence-corrected chi connectivity index (χ0v) is 14.1. The highest BCUT2D eigenvalue weighted by atomic mass is 16.3. The lowest BCUT2D eigenvalue weighted by atomic mass is 10.0. The Hall–Kier alpha value is -2.59. The van der Waals surface area contributed by atoms with E-state index in [9.17, 15) is 5.11 Å². The molecule has 24 heavy (non-hydrogen) atoms. The Labute approximate surface area is 142 Å². The van der Waals surface area contributed by atoms with Gasteiger partial charge in [0.05, 0.1) is 28.7 Å². The molecule has 0 spiro atoms. The molecule has 0 aliphatic rings. The molecule has 3 rings (SSSR count). The lowest BCUT2D eigenvalue weighted by molar-refractivity contribution is 0.0946. The normalized spacial score (nSPS) is 11.6. The lowest BCUT2D eigenvalue weighted by Gasteiger charge is -2.20. The number of fused-ring (bicyclic) bond motifs is 1. The van der Waals surface area contributed by atoms with Crippen LogP contribution in [0.1, 0.15) is 25.0 Å². The molecule has 1 heterocycles. The van der Waals surface area contributed by atoms with Gasteiger partial charge in [0.25, 0.3) is 0 Å². The molecule has 0 saturated carbocycles. The maximum absolute atomic E-state index is 9.93. The van der Waals surface area contributed by atoms with Crippen molar-refractivity contribution in [3.05, 3.63) is 65.9 Å². The quantitative estimate of drug-likeness (QED) is 0.671. The third kappa shape index (κ3) is 3.84. The largest absolute Gasteiger partial charge is 0.396 e. The summed E-state index contributed by atoms with van der Waals surface area (Å²) in [5, 5.41) is 14.1. The maximum atomic E-state index is 9.93. The average molecular weight is 321 g/mol. The van der Waals surface area contributed by atoms with E-state index in [1.807, 2.05) is 24.3 Å². The van der Waals surface area contributed by atoms with E-state index in [-0.39, 0.29) is 0 Å². The number of rotatable bonds is 5. The minimum atomic E-state index is -0.810. The maximum Gasteiger partial charge on any atom is 0.0763 e. The monoisotopic (exact) mass is 321 g/mol. The van der Waals surface area contributed by atoms with E-state index in [1.54, 1.807) is 20.0 Å².